The third kappa shape index (κ3) is 1.18. The van der Waals surface area contributed by atoms with Gasteiger partial charge in [-0.15, -0.1) is 0 Å². The van der Waals surface area contributed by atoms with E-state index < -0.39 is 11.6 Å². The summed E-state index contributed by atoms with van der Waals surface area (Å²) in [5, 5.41) is 18.1. The largest absolute Gasteiger partial charge is 0.479 e. The zero-order chi connectivity index (χ0) is 9.35. The second-order valence-corrected chi connectivity index (χ2v) is 2.77. The topological polar surface area (TPSA) is 75.3 Å². The second kappa shape index (κ2) is 2.60. The van der Waals surface area contributed by atoms with Crippen LogP contribution in [0.3, 0.4) is 0 Å². The van der Waals surface area contributed by atoms with Gasteiger partial charge in [0.25, 0.3) is 0 Å². The van der Waals surface area contributed by atoms with Gasteiger partial charge in [-0.25, -0.2) is 9.78 Å². The van der Waals surface area contributed by atoms with Gasteiger partial charge in [0.1, 0.15) is 0 Å². The Morgan fingerprint density at radius 3 is 2.67 bits per heavy atom. The molecule has 1 aromatic heterocycles. The Balaban J connectivity index is 3.13. The van der Waals surface area contributed by atoms with Gasteiger partial charge in [0.2, 0.25) is 5.60 Å². The first-order valence-corrected chi connectivity index (χ1v) is 3.39. The van der Waals surface area contributed by atoms with E-state index in [2.05, 4.69) is 4.98 Å². The molecule has 0 amide bonds. The van der Waals surface area contributed by atoms with Crippen LogP contribution in [0.5, 0.6) is 0 Å². The number of aliphatic carboxylic acids is 1. The van der Waals surface area contributed by atoms with Crippen molar-refractivity contribution in [1.82, 2.24) is 9.55 Å². The lowest BCUT2D eigenvalue weighted by Gasteiger charge is -2.17. The highest BCUT2D eigenvalue weighted by atomic mass is 16.4. The van der Waals surface area contributed by atoms with Crippen molar-refractivity contribution in [1.29, 1.82) is 0 Å². The van der Waals surface area contributed by atoms with Crippen molar-refractivity contribution in [3.05, 3.63) is 18.2 Å². The van der Waals surface area contributed by atoms with E-state index in [1.807, 2.05) is 0 Å². The van der Waals surface area contributed by atoms with E-state index in [9.17, 15) is 9.90 Å². The molecule has 0 aromatic carbocycles. The Labute approximate surface area is 69.3 Å². The lowest BCUT2D eigenvalue weighted by molar-refractivity contribution is -0.158. The van der Waals surface area contributed by atoms with Gasteiger partial charge in [-0.3, -0.25) is 0 Å². The molecular weight excluding hydrogens is 160 g/mol. The van der Waals surface area contributed by atoms with E-state index in [4.69, 9.17) is 5.11 Å². The molecule has 0 spiro atoms. The number of hydrogen-bond acceptors (Lipinski definition) is 3. The minimum atomic E-state index is -1.87. The fourth-order valence-electron chi connectivity index (χ4n) is 0.936. The number of aryl methyl sites for hydroxylation is 1. The molecule has 66 valence electrons. The van der Waals surface area contributed by atoms with E-state index in [1.54, 1.807) is 7.05 Å². The maximum absolute atomic E-state index is 10.6. The fourth-order valence-corrected chi connectivity index (χ4v) is 0.936. The number of nitrogens with zero attached hydrogens (tertiary/aromatic N) is 2. The summed E-state index contributed by atoms with van der Waals surface area (Å²) in [6.45, 7) is 1.21. The van der Waals surface area contributed by atoms with Crippen molar-refractivity contribution >= 4 is 5.97 Å². The molecule has 0 aliphatic rings. The molecule has 2 N–H and O–H groups in total. The SMILES string of the molecule is Cn1cncc1C(C)(O)C(=O)O. The van der Waals surface area contributed by atoms with Crippen LogP contribution in [0.1, 0.15) is 12.6 Å². The summed E-state index contributed by atoms with van der Waals surface area (Å²) in [5.41, 5.74) is -1.61. The zero-order valence-electron chi connectivity index (χ0n) is 6.85. The van der Waals surface area contributed by atoms with Gasteiger partial charge < -0.3 is 14.8 Å². The van der Waals surface area contributed by atoms with E-state index in [0.717, 1.165) is 0 Å². The van der Waals surface area contributed by atoms with Gasteiger partial charge >= 0.3 is 5.97 Å². The third-order valence-corrected chi connectivity index (χ3v) is 1.73. The van der Waals surface area contributed by atoms with Crippen molar-refractivity contribution in [3.63, 3.8) is 0 Å². The van der Waals surface area contributed by atoms with Gasteiger partial charge in [-0.05, 0) is 6.92 Å². The van der Waals surface area contributed by atoms with Crippen molar-refractivity contribution in [3.8, 4) is 0 Å². The van der Waals surface area contributed by atoms with Crippen LogP contribution in [-0.4, -0.2) is 25.7 Å². The van der Waals surface area contributed by atoms with Crippen molar-refractivity contribution < 1.29 is 15.0 Å². The molecule has 1 rings (SSSR count). The summed E-state index contributed by atoms with van der Waals surface area (Å²) in [6.07, 6.45) is 2.76. The molecule has 0 saturated heterocycles. The van der Waals surface area contributed by atoms with Crippen LogP contribution < -0.4 is 0 Å². The van der Waals surface area contributed by atoms with Crippen LogP contribution >= 0.6 is 0 Å². The quantitative estimate of drug-likeness (QED) is 0.639. The molecule has 0 bridgehead atoms. The molecule has 1 heterocycles. The molecule has 12 heavy (non-hydrogen) atoms. The standard InChI is InChI=1S/C7H10N2O3/c1-7(12,6(10)11)5-3-8-4-9(5)2/h3-4,12H,1-2H3,(H,10,11). The molecule has 1 unspecified atom stereocenters. The van der Waals surface area contributed by atoms with Crippen molar-refractivity contribution in [2.24, 2.45) is 7.05 Å². The van der Waals surface area contributed by atoms with Gasteiger partial charge in [0, 0.05) is 7.05 Å². The molecular formula is C7H10N2O3. The number of imidazole rings is 1. The molecule has 5 heteroatoms. The van der Waals surface area contributed by atoms with Crippen molar-refractivity contribution in [2.45, 2.75) is 12.5 Å². The first-order chi connectivity index (χ1) is 5.46. The zero-order valence-corrected chi connectivity index (χ0v) is 6.85. The summed E-state index contributed by atoms with van der Waals surface area (Å²) in [5.74, 6) is -1.29. The Bertz CT molecular complexity index is 303. The Morgan fingerprint density at radius 2 is 2.33 bits per heavy atom. The second-order valence-electron chi connectivity index (χ2n) is 2.77. The molecule has 0 radical (unpaired) electrons. The summed E-state index contributed by atoms with van der Waals surface area (Å²) in [4.78, 5) is 14.3. The molecule has 5 nitrogen and oxygen atoms in total. The number of aliphatic hydroxyl groups is 1. The number of rotatable bonds is 2. The summed E-state index contributed by atoms with van der Waals surface area (Å²) in [7, 11) is 1.62. The molecule has 0 saturated carbocycles. The van der Waals surface area contributed by atoms with E-state index in [0.29, 0.717) is 0 Å². The molecule has 0 fully saturated rings. The average molecular weight is 170 g/mol. The molecule has 0 aliphatic carbocycles. The smallest absolute Gasteiger partial charge is 0.341 e. The highest BCUT2D eigenvalue weighted by Gasteiger charge is 2.34. The Kier molecular flexibility index (Phi) is 1.89. The number of aromatic nitrogens is 2. The number of hydrogen-bond donors (Lipinski definition) is 2. The van der Waals surface area contributed by atoms with E-state index >= 15 is 0 Å². The monoisotopic (exact) mass is 170 g/mol. The van der Waals surface area contributed by atoms with Crippen LogP contribution in [0.2, 0.25) is 0 Å². The lowest BCUT2D eigenvalue weighted by Crippen LogP contribution is -2.33. The first kappa shape index (κ1) is 8.73. The molecule has 1 aromatic rings. The maximum Gasteiger partial charge on any atom is 0.341 e. The predicted octanol–water partition coefficient (Wildman–Crippen LogP) is -0.288. The minimum absolute atomic E-state index is 0.259. The molecule has 0 aliphatic heterocycles. The van der Waals surface area contributed by atoms with Gasteiger partial charge in [0.05, 0.1) is 18.2 Å². The van der Waals surface area contributed by atoms with Crippen LogP contribution in [0.15, 0.2) is 12.5 Å². The molecule has 1 atom stereocenters. The van der Waals surface area contributed by atoms with Crippen LogP contribution in [0.4, 0.5) is 0 Å². The fraction of sp³-hybridized carbons (Fsp3) is 0.429. The number of carboxylic acid groups (broad SMARTS) is 1. The van der Waals surface area contributed by atoms with E-state index in [1.165, 1.54) is 24.0 Å². The maximum atomic E-state index is 10.6. The number of carbonyl (C=O) groups is 1. The average Bonchev–Trinajstić information content (AvgIpc) is 2.35. The Hall–Kier alpha value is -1.36. The van der Waals surface area contributed by atoms with Crippen LogP contribution in [0, 0.1) is 0 Å². The summed E-state index contributed by atoms with van der Waals surface area (Å²) >= 11 is 0. The third-order valence-electron chi connectivity index (χ3n) is 1.73. The minimum Gasteiger partial charge on any atom is -0.479 e. The highest BCUT2D eigenvalue weighted by molar-refractivity contribution is 5.77. The van der Waals surface area contributed by atoms with Gasteiger partial charge in [0.15, 0.2) is 0 Å². The van der Waals surface area contributed by atoms with Gasteiger partial charge in [-0.1, -0.05) is 0 Å². The van der Waals surface area contributed by atoms with Crippen LogP contribution in [0.25, 0.3) is 0 Å². The van der Waals surface area contributed by atoms with Gasteiger partial charge in [-0.2, -0.15) is 0 Å². The number of carboxylic acids is 1. The first-order valence-electron chi connectivity index (χ1n) is 3.39. The van der Waals surface area contributed by atoms with E-state index in [-0.39, 0.29) is 5.69 Å². The normalized spacial score (nSPS) is 15.6. The van der Waals surface area contributed by atoms with Crippen LogP contribution in [-0.2, 0) is 17.4 Å². The predicted molar refractivity (Wildman–Crippen MR) is 40.4 cm³/mol. The Morgan fingerprint density at radius 1 is 1.75 bits per heavy atom. The summed E-state index contributed by atoms with van der Waals surface area (Å²) in [6, 6.07) is 0. The summed E-state index contributed by atoms with van der Waals surface area (Å²) < 4.78 is 1.47. The van der Waals surface area contributed by atoms with Crippen molar-refractivity contribution in [2.75, 3.05) is 0 Å². The highest BCUT2D eigenvalue weighted by Crippen LogP contribution is 2.18. The lowest BCUT2D eigenvalue weighted by atomic mass is 10.0.